The van der Waals surface area contributed by atoms with Crippen LogP contribution in [0.4, 0.5) is 0 Å². The van der Waals surface area contributed by atoms with E-state index in [1.807, 2.05) is 0 Å². The molecule has 6 atom stereocenters. The third kappa shape index (κ3) is 7.92. The highest BCUT2D eigenvalue weighted by Crippen LogP contribution is 2.43. The Bertz CT molecular complexity index is 779. The molecule has 6 aliphatic carbocycles. The summed E-state index contributed by atoms with van der Waals surface area (Å²) in [5.41, 5.74) is 0. The maximum Gasteiger partial charge on any atom is 0.225 e. The molecule has 6 rings (SSSR count). The van der Waals surface area contributed by atoms with E-state index < -0.39 is 6.10 Å². The molecule has 1 amide bonds. The predicted octanol–water partition coefficient (Wildman–Crippen LogP) is 8.55. The molecule has 41 heavy (non-hydrogen) atoms. The van der Waals surface area contributed by atoms with Gasteiger partial charge in [-0.3, -0.25) is 9.69 Å². The van der Waals surface area contributed by atoms with Crippen molar-refractivity contribution >= 4 is 5.91 Å². The van der Waals surface area contributed by atoms with Gasteiger partial charge in [0.2, 0.25) is 5.91 Å². The van der Waals surface area contributed by atoms with Crippen LogP contribution in [0.5, 0.6) is 0 Å². The zero-order chi connectivity index (χ0) is 28.0. The second-order valence-corrected chi connectivity index (χ2v) is 16.0. The Hall–Kier alpha value is -0.610. The number of nitrogens with zero attached hydrogens (tertiary/aromatic N) is 1. The Morgan fingerprint density at radius 1 is 0.561 bits per heavy atom. The molecule has 0 aliphatic heterocycles. The molecule has 6 unspecified atom stereocenters. The van der Waals surface area contributed by atoms with Gasteiger partial charge in [-0.05, 0) is 101 Å². The number of carbonyl (C=O) groups is 1. The Morgan fingerprint density at radius 2 is 1.12 bits per heavy atom. The van der Waals surface area contributed by atoms with E-state index in [0.29, 0.717) is 17.9 Å². The molecule has 0 heterocycles. The molecule has 0 aromatic carbocycles. The molecular formula is C37H64N2O2. The summed E-state index contributed by atoms with van der Waals surface area (Å²) in [4.78, 5) is 16.4. The van der Waals surface area contributed by atoms with Crippen molar-refractivity contribution in [1.82, 2.24) is 10.2 Å². The molecule has 6 saturated carbocycles. The van der Waals surface area contributed by atoms with Crippen LogP contribution in [0.1, 0.15) is 167 Å². The van der Waals surface area contributed by atoms with Crippen LogP contribution in [-0.4, -0.2) is 46.2 Å². The number of hydrogen-bond donors (Lipinski definition) is 2. The molecule has 0 aromatic rings. The van der Waals surface area contributed by atoms with Crippen LogP contribution in [0.2, 0.25) is 0 Å². The monoisotopic (exact) mass is 568 g/mol. The number of amides is 1. The summed E-state index contributed by atoms with van der Waals surface area (Å²) in [6, 6.07) is 2.99. The van der Waals surface area contributed by atoms with Crippen molar-refractivity contribution in [2.45, 2.75) is 197 Å². The van der Waals surface area contributed by atoms with E-state index in [1.165, 1.54) is 148 Å². The molecule has 2 N–H and O–H groups in total. The van der Waals surface area contributed by atoms with Crippen LogP contribution in [-0.2, 0) is 4.79 Å². The van der Waals surface area contributed by atoms with Gasteiger partial charge < -0.3 is 10.4 Å². The lowest BCUT2D eigenvalue weighted by molar-refractivity contribution is -0.134. The lowest BCUT2D eigenvalue weighted by Gasteiger charge is -2.48. The SMILES string of the molecule is O=C(NC1CCCC(CCC2CCC(N(C3CCCCC3)C3CCCCC3)CC2)C1)C1CC2CCCCC2CC1O. The van der Waals surface area contributed by atoms with Gasteiger partial charge in [0.25, 0.3) is 0 Å². The average Bonchev–Trinajstić information content (AvgIpc) is 3.02. The lowest BCUT2D eigenvalue weighted by Crippen LogP contribution is -2.52. The summed E-state index contributed by atoms with van der Waals surface area (Å²) < 4.78 is 0. The van der Waals surface area contributed by atoms with Crippen molar-refractivity contribution in [3.05, 3.63) is 0 Å². The van der Waals surface area contributed by atoms with Crippen molar-refractivity contribution < 1.29 is 9.90 Å². The number of nitrogens with one attached hydrogen (secondary N) is 1. The van der Waals surface area contributed by atoms with Crippen LogP contribution in [0, 0.1) is 29.6 Å². The standard InChI is InChI=1S/C37H64N2O2/c40-36-26-30-12-8-7-11-29(30)25-35(36)37(41)38-31-13-9-10-28(24-31)19-18-27-20-22-34(23-21-27)39(32-14-3-1-4-15-32)33-16-5-2-6-17-33/h27-36,40H,1-26H2,(H,38,41). The van der Waals surface area contributed by atoms with Gasteiger partial charge in [-0.1, -0.05) is 89.9 Å². The lowest BCUT2D eigenvalue weighted by atomic mass is 9.66. The number of hydrogen-bond acceptors (Lipinski definition) is 3. The first-order valence-corrected chi connectivity index (χ1v) is 18.9. The van der Waals surface area contributed by atoms with E-state index in [0.717, 1.165) is 49.2 Å². The number of rotatable bonds is 8. The van der Waals surface area contributed by atoms with Gasteiger partial charge in [0.15, 0.2) is 0 Å². The first-order chi connectivity index (χ1) is 20.1. The van der Waals surface area contributed by atoms with Crippen molar-refractivity contribution in [2.24, 2.45) is 29.6 Å². The van der Waals surface area contributed by atoms with Crippen LogP contribution < -0.4 is 5.32 Å². The molecule has 0 spiro atoms. The van der Waals surface area contributed by atoms with Crippen molar-refractivity contribution in [2.75, 3.05) is 0 Å². The van der Waals surface area contributed by atoms with Gasteiger partial charge >= 0.3 is 0 Å². The number of fused-ring (bicyclic) bond motifs is 1. The number of carbonyl (C=O) groups excluding carboxylic acids is 1. The molecule has 0 aromatic heterocycles. The molecule has 6 fully saturated rings. The fraction of sp³-hybridized carbons (Fsp3) is 0.973. The van der Waals surface area contributed by atoms with Crippen LogP contribution in [0.3, 0.4) is 0 Å². The molecule has 4 nitrogen and oxygen atoms in total. The van der Waals surface area contributed by atoms with Crippen molar-refractivity contribution in [3.8, 4) is 0 Å². The maximum atomic E-state index is 13.3. The Labute approximate surface area is 252 Å². The summed E-state index contributed by atoms with van der Waals surface area (Å²) in [7, 11) is 0. The smallest absolute Gasteiger partial charge is 0.225 e. The van der Waals surface area contributed by atoms with Crippen LogP contribution in [0.15, 0.2) is 0 Å². The first-order valence-electron chi connectivity index (χ1n) is 18.9. The normalized spacial score (nSPS) is 39.8. The van der Waals surface area contributed by atoms with E-state index in [4.69, 9.17) is 0 Å². The highest BCUT2D eigenvalue weighted by atomic mass is 16.3. The van der Waals surface area contributed by atoms with Gasteiger partial charge in [-0.25, -0.2) is 0 Å². The average molecular weight is 569 g/mol. The van der Waals surface area contributed by atoms with Crippen molar-refractivity contribution in [3.63, 3.8) is 0 Å². The zero-order valence-corrected chi connectivity index (χ0v) is 26.5. The molecular weight excluding hydrogens is 504 g/mol. The molecule has 234 valence electrons. The number of aliphatic hydroxyl groups is 1. The molecule has 4 heteroatoms. The topological polar surface area (TPSA) is 52.6 Å². The largest absolute Gasteiger partial charge is 0.392 e. The summed E-state index contributed by atoms with van der Waals surface area (Å²) in [5.74, 6) is 3.07. The quantitative estimate of drug-likeness (QED) is 0.308. The van der Waals surface area contributed by atoms with E-state index in [1.54, 1.807) is 0 Å². The first kappa shape index (κ1) is 30.4. The highest BCUT2D eigenvalue weighted by molar-refractivity contribution is 5.79. The summed E-state index contributed by atoms with van der Waals surface area (Å²) >= 11 is 0. The van der Waals surface area contributed by atoms with E-state index in [2.05, 4.69) is 10.2 Å². The summed E-state index contributed by atoms with van der Waals surface area (Å²) in [6.45, 7) is 0. The zero-order valence-electron chi connectivity index (χ0n) is 26.5. The van der Waals surface area contributed by atoms with Gasteiger partial charge in [-0.2, -0.15) is 0 Å². The van der Waals surface area contributed by atoms with Crippen molar-refractivity contribution in [1.29, 1.82) is 0 Å². The van der Waals surface area contributed by atoms with Crippen LogP contribution >= 0.6 is 0 Å². The third-order valence-electron chi connectivity index (χ3n) is 13.3. The molecule has 0 saturated heterocycles. The highest BCUT2D eigenvalue weighted by Gasteiger charge is 2.41. The Kier molecular flexibility index (Phi) is 11.1. The van der Waals surface area contributed by atoms with Gasteiger partial charge in [0, 0.05) is 24.2 Å². The fourth-order valence-corrected chi connectivity index (χ4v) is 11.0. The Morgan fingerprint density at radius 3 is 1.78 bits per heavy atom. The molecule has 0 radical (unpaired) electrons. The minimum atomic E-state index is -0.420. The van der Waals surface area contributed by atoms with Gasteiger partial charge in [-0.15, -0.1) is 0 Å². The second-order valence-electron chi connectivity index (χ2n) is 16.0. The van der Waals surface area contributed by atoms with Gasteiger partial charge in [0.05, 0.1) is 12.0 Å². The Balaban J connectivity index is 0.937. The van der Waals surface area contributed by atoms with E-state index >= 15 is 0 Å². The summed E-state index contributed by atoms with van der Waals surface area (Å²) in [6.07, 6.45) is 34.7. The fourth-order valence-electron chi connectivity index (χ4n) is 11.0. The van der Waals surface area contributed by atoms with Crippen LogP contribution in [0.25, 0.3) is 0 Å². The second kappa shape index (κ2) is 14.9. The van der Waals surface area contributed by atoms with E-state index in [9.17, 15) is 9.90 Å². The molecule has 0 bridgehead atoms. The molecule has 6 aliphatic rings. The number of aliphatic hydroxyl groups excluding tert-OH is 1. The minimum absolute atomic E-state index is 0.160. The third-order valence-corrected chi connectivity index (χ3v) is 13.3. The van der Waals surface area contributed by atoms with E-state index in [-0.39, 0.29) is 11.8 Å². The predicted molar refractivity (Wildman–Crippen MR) is 169 cm³/mol. The van der Waals surface area contributed by atoms with Gasteiger partial charge in [0.1, 0.15) is 0 Å². The summed E-state index contributed by atoms with van der Waals surface area (Å²) in [5, 5.41) is 14.3. The maximum absolute atomic E-state index is 13.3. The minimum Gasteiger partial charge on any atom is -0.392 e.